The predicted molar refractivity (Wildman–Crippen MR) is 93.0 cm³/mol. The normalized spacial score (nSPS) is 17.2. The molecule has 1 aliphatic rings. The molecule has 1 fully saturated rings. The number of hydrogen-bond acceptors (Lipinski definition) is 4. The van der Waals surface area contributed by atoms with Gasteiger partial charge in [-0.05, 0) is 23.8 Å². The quantitative estimate of drug-likeness (QED) is 0.782. The van der Waals surface area contributed by atoms with Gasteiger partial charge in [0.15, 0.2) is 0 Å². The van der Waals surface area contributed by atoms with Crippen LogP contribution in [0.2, 0.25) is 0 Å². The Morgan fingerprint density at radius 1 is 1.32 bits per heavy atom. The van der Waals surface area contributed by atoms with Crippen molar-refractivity contribution in [3.8, 4) is 11.3 Å². The largest absolute Gasteiger partial charge is 0.373 e. The molecule has 2 aromatic rings. The summed E-state index contributed by atoms with van der Waals surface area (Å²) in [6.07, 6.45) is 1.50. The third kappa shape index (κ3) is 4.57. The lowest BCUT2D eigenvalue weighted by Gasteiger charge is -2.32. The monoisotopic (exact) mass is 343 g/mol. The van der Waals surface area contributed by atoms with E-state index in [1.54, 1.807) is 11.1 Å². The maximum Gasteiger partial charge on any atom is 0.319 e. The fourth-order valence-corrected chi connectivity index (χ4v) is 2.66. The van der Waals surface area contributed by atoms with Crippen LogP contribution in [0.5, 0.6) is 0 Å². The summed E-state index contributed by atoms with van der Waals surface area (Å²) in [4.78, 5) is 25.1. The van der Waals surface area contributed by atoms with Crippen LogP contribution in [0.15, 0.2) is 36.5 Å². The highest BCUT2D eigenvalue weighted by atomic mass is 16.5. The first kappa shape index (κ1) is 17.0. The third-order valence-corrected chi connectivity index (χ3v) is 4.03. The lowest BCUT2D eigenvalue weighted by Crippen LogP contribution is -2.49. The van der Waals surface area contributed by atoms with Gasteiger partial charge < -0.3 is 20.3 Å². The zero-order valence-corrected chi connectivity index (χ0v) is 14.0. The molecule has 1 saturated heterocycles. The summed E-state index contributed by atoms with van der Waals surface area (Å²) in [6.45, 7) is 3.47. The molecule has 0 saturated carbocycles. The Hall–Kier alpha value is -2.87. The van der Waals surface area contributed by atoms with E-state index in [2.05, 4.69) is 20.8 Å². The van der Waals surface area contributed by atoms with E-state index < -0.39 is 0 Å². The van der Waals surface area contributed by atoms with Crippen molar-refractivity contribution in [3.05, 3.63) is 36.5 Å². The van der Waals surface area contributed by atoms with Crippen molar-refractivity contribution in [2.75, 3.05) is 31.6 Å². The number of carbonyl (C=O) groups is 2. The van der Waals surface area contributed by atoms with Crippen LogP contribution >= 0.6 is 0 Å². The van der Waals surface area contributed by atoms with E-state index in [1.807, 2.05) is 30.3 Å². The highest BCUT2D eigenvalue weighted by Gasteiger charge is 2.22. The maximum atomic E-state index is 12.0. The Morgan fingerprint density at radius 3 is 2.80 bits per heavy atom. The van der Waals surface area contributed by atoms with Gasteiger partial charge >= 0.3 is 6.03 Å². The number of aromatic amines is 1. The average Bonchev–Trinajstić information content (AvgIpc) is 3.15. The van der Waals surface area contributed by atoms with Gasteiger partial charge in [-0.15, -0.1) is 0 Å². The van der Waals surface area contributed by atoms with Gasteiger partial charge in [0.2, 0.25) is 5.91 Å². The molecule has 1 aliphatic heterocycles. The number of morpholine rings is 1. The van der Waals surface area contributed by atoms with E-state index in [4.69, 9.17) is 4.74 Å². The van der Waals surface area contributed by atoms with Crippen molar-refractivity contribution in [1.82, 2.24) is 20.4 Å². The summed E-state index contributed by atoms with van der Waals surface area (Å²) in [6, 6.07) is 9.02. The van der Waals surface area contributed by atoms with Gasteiger partial charge in [-0.2, -0.15) is 5.10 Å². The lowest BCUT2D eigenvalue weighted by atomic mass is 10.1. The van der Waals surface area contributed by atoms with Crippen LogP contribution in [0, 0.1) is 0 Å². The molecule has 0 spiro atoms. The molecule has 2 heterocycles. The smallest absolute Gasteiger partial charge is 0.319 e. The molecule has 8 heteroatoms. The van der Waals surface area contributed by atoms with E-state index in [0.29, 0.717) is 31.9 Å². The first-order valence-electron chi connectivity index (χ1n) is 8.13. The summed E-state index contributed by atoms with van der Waals surface area (Å²) in [7, 11) is 0. The van der Waals surface area contributed by atoms with Gasteiger partial charge in [0.1, 0.15) is 0 Å². The molecule has 3 rings (SSSR count). The number of ether oxygens (including phenoxy) is 1. The summed E-state index contributed by atoms with van der Waals surface area (Å²) in [5.74, 6) is 0.0232. The Bertz CT molecular complexity index is 714. The molecule has 1 aromatic heterocycles. The number of amides is 3. The van der Waals surface area contributed by atoms with Crippen LogP contribution in [0.4, 0.5) is 10.5 Å². The number of H-pyrrole nitrogens is 1. The predicted octanol–water partition coefficient (Wildman–Crippen LogP) is 1.45. The van der Waals surface area contributed by atoms with Crippen LogP contribution in [0.1, 0.15) is 6.92 Å². The Balaban J connectivity index is 1.47. The highest BCUT2D eigenvalue weighted by molar-refractivity contribution is 5.89. The lowest BCUT2D eigenvalue weighted by molar-refractivity contribution is -0.136. The molecule has 3 N–H and O–H groups in total. The SMILES string of the molecule is CC(=O)N1CCOC(CNC(=O)Nc2ccc(-c3ccn[nH]3)cc2)C1. The van der Waals surface area contributed by atoms with Crippen molar-refractivity contribution < 1.29 is 14.3 Å². The number of aromatic nitrogens is 2. The van der Waals surface area contributed by atoms with Crippen LogP contribution in [0.3, 0.4) is 0 Å². The number of nitrogens with one attached hydrogen (secondary N) is 3. The Kier molecular flexibility index (Phi) is 5.30. The number of carbonyl (C=O) groups excluding carboxylic acids is 2. The van der Waals surface area contributed by atoms with Gasteiger partial charge in [-0.1, -0.05) is 12.1 Å². The minimum Gasteiger partial charge on any atom is -0.373 e. The minimum absolute atomic E-state index is 0.0232. The summed E-state index contributed by atoms with van der Waals surface area (Å²) in [5.41, 5.74) is 2.60. The fraction of sp³-hybridized carbons (Fsp3) is 0.353. The van der Waals surface area contributed by atoms with E-state index in [0.717, 1.165) is 11.3 Å². The number of urea groups is 1. The van der Waals surface area contributed by atoms with Gasteiger partial charge in [-0.3, -0.25) is 9.89 Å². The zero-order valence-electron chi connectivity index (χ0n) is 14.0. The summed E-state index contributed by atoms with van der Waals surface area (Å²) < 4.78 is 5.57. The highest BCUT2D eigenvalue weighted by Crippen LogP contribution is 2.18. The molecule has 3 amide bonds. The molecule has 0 bridgehead atoms. The molecule has 1 unspecified atom stereocenters. The number of hydrogen-bond donors (Lipinski definition) is 3. The van der Waals surface area contributed by atoms with E-state index in [1.165, 1.54) is 6.92 Å². The Morgan fingerprint density at radius 2 is 2.12 bits per heavy atom. The molecular weight excluding hydrogens is 322 g/mol. The first-order chi connectivity index (χ1) is 12.1. The van der Waals surface area contributed by atoms with Crippen LogP contribution < -0.4 is 10.6 Å². The van der Waals surface area contributed by atoms with Crippen molar-refractivity contribution in [2.24, 2.45) is 0 Å². The number of anilines is 1. The second-order valence-corrected chi connectivity index (χ2v) is 5.84. The molecule has 132 valence electrons. The second-order valence-electron chi connectivity index (χ2n) is 5.84. The Labute approximate surface area is 145 Å². The van der Waals surface area contributed by atoms with Crippen LogP contribution in [-0.2, 0) is 9.53 Å². The third-order valence-electron chi connectivity index (χ3n) is 4.03. The standard InChI is InChI=1S/C17H21N5O3/c1-12(23)22-8-9-25-15(11-22)10-18-17(24)20-14-4-2-13(3-5-14)16-6-7-19-21-16/h2-7,15H,8-11H2,1H3,(H,19,21)(H2,18,20,24). The second kappa shape index (κ2) is 7.80. The van der Waals surface area contributed by atoms with Crippen molar-refractivity contribution >= 4 is 17.6 Å². The van der Waals surface area contributed by atoms with Gasteiger partial charge in [0.25, 0.3) is 0 Å². The van der Waals surface area contributed by atoms with E-state index in [9.17, 15) is 9.59 Å². The van der Waals surface area contributed by atoms with Gasteiger partial charge in [0, 0.05) is 38.4 Å². The van der Waals surface area contributed by atoms with Crippen molar-refractivity contribution in [2.45, 2.75) is 13.0 Å². The molecule has 0 radical (unpaired) electrons. The average molecular weight is 343 g/mol. The maximum absolute atomic E-state index is 12.0. The van der Waals surface area contributed by atoms with Gasteiger partial charge in [-0.25, -0.2) is 4.79 Å². The zero-order chi connectivity index (χ0) is 17.6. The molecule has 25 heavy (non-hydrogen) atoms. The van der Waals surface area contributed by atoms with E-state index >= 15 is 0 Å². The van der Waals surface area contributed by atoms with E-state index in [-0.39, 0.29) is 18.0 Å². The molecule has 8 nitrogen and oxygen atoms in total. The first-order valence-corrected chi connectivity index (χ1v) is 8.13. The molecular formula is C17H21N5O3. The van der Waals surface area contributed by atoms with Crippen LogP contribution in [0.25, 0.3) is 11.3 Å². The topological polar surface area (TPSA) is 99.3 Å². The number of benzene rings is 1. The summed E-state index contributed by atoms with van der Waals surface area (Å²) in [5, 5.41) is 12.4. The minimum atomic E-state index is -0.308. The summed E-state index contributed by atoms with van der Waals surface area (Å²) >= 11 is 0. The van der Waals surface area contributed by atoms with Gasteiger partial charge in [0.05, 0.1) is 18.4 Å². The molecule has 1 aromatic carbocycles. The molecule has 1 atom stereocenters. The van der Waals surface area contributed by atoms with Crippen LogP contribution in [-0.4, -0.2) is 59.4 Å². The molecule has 0 aliphatic carbocycles. The number of nitrogens with zero attached hydrogens (tertiary/aromatic N) is 2. The fourth-order valence-electron chi connectivity index (χ4n) is 2.66. The number of rotatable bonds is 4. The van der Waals surface area contributed by atoms with Crippen molar-refractivity contribution in [1.29, 1.82) is 0 Å². The van der Waals surface area contributed by atoms with Crippen molar-refractivity contribution in [3.63, 3.8) is 0 Å².